The first-order chi connectivity index (χ1) is 9.54. The number of hydrogen-bond acceptors (Lipinski definition) is 4. The molecular formula is C16H14O4. The molecular weight excluding hydrogens is 256 g/mol. The normalized spacial score (nSPS) is 11.4. The SMILES string of the molecule is COC(=O)/C(=C/c1c(O)ccc2ccccc12)C(C)=O. The Morgan fingerprint density at radius 3 is 2.50 bits per heavy atom. The molecule has 0 atom stereocenters. The molecule has 20 heavy (non-hydrogen) atoms. The summed E-state index contributed by atoms with van der Waals surface area (Å²) < 4.78 is 4.59. The van der Waals surface area contributed by atoms with Crippen LogP contribution in [0.2, 0.25) is 0 Å². The van der Waals surface area contributed by atoms with Gasteiger partial charge in [-0.15, -0.1) is 0 Å². The number of rotatable bonds is 3. The Labute approximate surface area is 116 Å². The Morgan fingerprint density at radius 2 is 1.85 bits per heavy atom. The zero-order valence-electron chi connectivity index (χ0n) is 11.2. The molecule has 0 bridgehead atoms. The molecule has 2 aromatic carbocycles. The van der Waals surface area contributed by atoms with Crippen LogP contribution in [-0.4, -0.2) is 24.0 Å². The summed E-state index contributed by atoms with van der Waals surface area (Å²) in [4.78, 5) is 23.2. The smallest absolute Gasteiger partial charge is 0.341 e. The average molecular weight is 270 g/mol. The fraction of sp³-hybridized carbons (Fsp3) is 0.125. The Hall–Kier alpha value is -2.62. The largest absolute Gasteiger partial charge is 0.507 e. The summed E-state index contributed by atoms with van der Waals surface area (Å²) in [5, 5.41) is 11.7. The Balaban J connectivity index is 2.70. The van der Waals surface area contributed by atoms with Gasteiger partial charge in [-0.2, -0.15) is 0 Å². The molecule has 2 rings (SSSR count). The van der Waals surface area contributed by atoms with Crippen LogP contribution in [0.1, 0.15) is 12.5 Å². The van der Waals surface area contributed by atoms with Gasteiger partial charge in [-0.25, -0.2) is 4.79 Å². The van der Waals surface area contributed by atoms with Gasteiger partial charge in [-0.3, -0.25) is 4.79 Å². The number of Topliss-reactive ketones (excluding diaryl/α,β-unsaturated/α-hetero) is 1. The molecule has 0 aliphatic rings. The van der Waals surface area contributed by atoms with Crippen LogP contribution in [0.15, 0.2) is 42.0 Å². The molecule has 0 unspecified atom stereocenters. The lowest BCUT2D eigenvalue weighted by Crippen LogP contribution is -2.11. The predicted molar refractivity (Wildman–Crippen MR) is 76.3 cm³/mol. The monoisotopic (exact) mass is 270 g/mol. The number of hydrogen-bond donors (Lipinski definition) is 1. The molecule has 0 saturated heterocycles. The summed E-state index contributed by atoms with van der Waals surface area (Å²) in [6, 6.07) is 10.7. The van der Waals surface area contributed by atoms with E-state index in [4.69, 9.17) is 0 Å². The van der Waals surface area contributed by atoms with Crippen LogP contribution in [0.4, 0.5) is 0 Å². The maximum Gasteiger partial charge on any atom is 0.341 e. The maximum absolute atomic E-state index is 11.6. The van der Waals surface area contributed by atoms with Gasteiger partial charge in [0, 0.05) is 5.56 Å². The summed E-state index contributed by atoms with van der Waals surface area (Å²) in [5.41, 5.74) is 0.331. The number of aromatic hydroxyl groups is 1. The number of ketones is 1. The van der Waals surface area contributed by atoms with Crippen molar-refractivity contribution < 1.29 is 19.4 Å². The van der Waals surface area contributed by atoms with Crippen molar-refractivity contribution in [1.82, 2.24) is 0 Å². The van der Waals surface area contributed by atoms with Crippen molar-refractivity contribution in [2.75, 3.05) is 7.11 Å². The maximum atomic E-state index is 11.6. The van der Waals surface area contributed by atoms with E-state index in [0.29, 0.717) is 5.56 Å². The highest BCUT2D eigenvalue weighted by atomic mass is 16.5. The number of phenols is 1. The molecule has 0 spiro atoms. The standard InChI is InChI=1S/C16H14O4/c1-10(17)13(16(19)20-2)9-14-12-6-4-3-5-11(12)7-8-15(14)18/h3-9,18H,1-2H3/b13-9+. The lowest BCUT2D eigenvalue weighted by Gasteiger charge is -2.07. The second-order valence-electron chi connectivity index (χ2n) is 4.33. The van der Waals surface area contributed by atoms with Crippen molar-refractivity contribution in [3.05, 3.63) is 47.5 Å². The molecule has 0 amide bonds. The first-order valence-electron chi connectivity index (χ1n) is 6.06. The molecule has 4 nitrogen and oxygen atoms in total. The molecule has 4 heteroatoms. The third-order valence-corrected chi connectivity index (χ3v) is 3.02. The van der Waals surface area contributed by atoms with E-state index in [9.17, 15) is 14.7 Å². The number of phenolic OH excluding ortho intramolecular Hbond substituents is 1. The summed E-state index contributed by atoms with van der Waals surface area (Å²) >= 11 is 0. The van der Waals surface area contributed by atoms with Crippen molar-refractivity contribution in [3.63, 3.8) is 0 Å². The van der Waals surface area contributed by atoms with Gasteiger partial charge in [-0.05, 0) is 29.8 Å². The number of carbonyl (C=O) groups excluding carboxylic acids is 2. The summed E-state index contributed by atoms with van der Waals surface area (Å²) in [6.45, 7) is 1.28. The van der Waals surface area contributed by atoms with Crippen molar-refractivity contribution in [2.45, 2.75) is 6.92 Å². The van der Waals surface area contributed by atoms with Crippen molar-refractivity contribution >= 4 is 28.6 Å². The Bertz CT molecular complexity index is 713. The highest BCUT2D eigenvalue weighted by Crippen LogP contribution is 2.29. The predicted octanol–water partition coefficient (Wildman–Crippen LogP) is 2.69. The first kappa shape index (κ1) is 13.8. The molecule has 0 radical (unpaired) electrons. The van der Waals surface area contributed by atoms with Gasteiger partial charge < -0.3 is 9.84 Å². The van der Waals surface area contributed by atoms with E-state index >= 15 is 0 Å². The van der Waals surface area contributed by atoms with Gasteiger partial charge in [0.1, 0.15) is 11.3 Å². The average Bonchev–Trinajstić information content (AvgIpc) is 2.45. The lowest BCUT2D eigenvalue weighted by atomic mass is 10.00. The second kappa shape index (κ2) is 5.57. The van der Waals surface area contributed by atoms with Crippen LogP contribution in [0, 0.1) is 0 Å². The topological polar surface area (TPSA) is 63.6 Å². The van der Waals surface area contributed by atoms with E-state index in [0.717, 1.165) is 10.8 Å². The molecule has 2 aromatic rings. The number of fused-ring (bicyclic) bond motifs is 1. The minimum absolute atomic E-state index is 0.00588. The fourth-order valence-electron chi connectivity index (χ4n) is 1.99. The van der Waals surface area contributed by atoms with Crippen molar-refractivity contribution in [3.8, 4) is 5.75 Å². The van der Waals surface area contributed by atoms with Gasteiger partial charge >= 0.3 is 5.97 Å². The summed E-state index contributed by atoms with van der Waals surface area (Å²) in [7, 11) is 1.21. The minimum atomic E-state index is -0.718. The molecule has 0 fully saturated rings. The van der Waals surface area contributed by atoms with E-state index in [1.54, 1.807) is 6.07 Å². The zero-order valence-corrected chi connectivity index (χ0v) is 11.2. The van der Waals surface area contributed by atoms with Crippen molar-refractivity contribution in [2.24, 2.45) is 0 Å². The fourth-order valence-corrected chi connectivity index (χ4v) is 1.99. The molecule has 1 N–H and O–H groups in total. The van der Waals surface area contributed by atoms with Crippen molar-refractivity contribution in [1.29, 1.82) is 0 Å². The second-order valence-corrected chi connectivity index (χ2v) is 4.33. The molecule has 0 aliphatic carbocycles. The molecule has 0 aromatic heterocycles. The summed E-state index contributed by atoms with van der Waals surface area (Å²) in [5.74, 6) is -1.12. The van der Waals surface area contributed by atoms with E-state index in [1.165, 1.54) is 26.2 Å². The van der Waals surface area contributed by atoms with E-state index in [2.05, 4.69) is 4.74 Å². The van der Waals surface area contributed by atoms with Crippen LogP contribution in [0.25, 0.3) is 16.8 Å². The number of ether oxygens (including phenoxy) is 1. The van der Waals surface area contributed by atoms with Gasteiger partial charge in [0.15, 0.2) is 5.78 Å². The highest BCUT2D eigenvalue weighted by Gasteiger charge is 2.16. The first-order valence-corrected chi connectivity index (χ1v) is 6.06. The quantitative estimate of drug-likeness (QED) is 0.403. The zero-order chi connectivity index (χ0) is 14.7. The van der Waals surface area contributed by atoms with Gasteiger partial charge in [0.05, 0.1) is 7.11 Å². The Kier molecular flexibility index (Phi) is 3.84. The van der Waals surface area contributed by atoms with Crippen LogP contribution in [-0.2, 0) is 14.3 Å². The highest BCUT2D eigenvalue weighted by molar-refractivity contribution is 6.20. The van der Waals surface area contributed by atoms with Crippen LogP contribution in [0.3, 0.4) is 0 Å². The lowest BCUT2D eigenvalue weighted by molar-refractivity contribution is -0.137. The Morgan fingerprint density at radius 1 is 1.15 bits per heavy atom. The third kappa shape index (κ3) is 2.54. The van der Waals surface area contributed by atoms with E-state index in [-0.39, 0.29) is 11.3 Å². The molecule has 0 heterocycles. The summed E-state index contributed by atoms with van der Waals surface area (Å²) in [6.07, 6.45) is 1.37. The van der Waals surface area contributed by atoms with Gasteiger partial charge in [-0.1, -0.05) is 30.3 Å². The van der Waals surface area contributed by atoms with Gasteiger partial charge in [0.2, 0.25) is 0 Å². The minimum Gasteiger partial charge on any atom is -0.507 e. The number of carbonyl (C=O) groups is 2. The van der Waals surface area contributed by atoms with Crippen LogP contribution in [0.5, 0.6) is 5.75 Å². The van der Waals surface area contributed by atoms with Crippen LogP contribution < -0.4 is 0 Å². The molecule has 102 valence electrons. The number of esters is 1. The van der Waals surface area contributed by atoms with E-state index in [1.807, 2.05) is 24.3 Å². The van der Waals surface area contributed by atoms with Crippen LogP contribution >= 0.6 is 0 Å². The molecule has 0 saturated carbocycles. The number of benzene rings is 2. The van der Waals surface area contributed by atoms with Gasteiger partial charge in [0.25, 0.3) is 0 Å². The number of methoxy groups -OCH3 is 1. The van der Waals surface area contributed by atoms with E-state index < -0.39 is 11.8 Å². The third-order valence-electron chi connectivity index (χ3n) is 3.02. The molecule has 0 aliphatic heterocycles.